The van der Waals surface area contributed by atoms with Crippen LogP contribution in [0.2, 0.25) is 0 Å². The normalized spacial score (nSPS) is 10.5. The van der Waals surface area contributed by atoms with E-state index in [1.807, 2.05) is 24.5 Å². The molecule has 0 spiro atoms. The highest BCUT2D eigenvalue weighted by atomic mass is 79.9. The van der Waals surface area contributed by atoms with Gasteiger partial charge in [-0.05, 0) is 57.7 Å². The number of aromatic nitrogens is 1. The van der Waals surface area contributed by atoms with Crippen molar-refractivity contribution in [2.45, 2.75) is 20.0 Å². The molecule has 0 amide bonds. The fourth-order valence-electron chi connectivity index (χ4n) is 1.84. The van der Waals surface area contributed by atoms with E-state index in [4.69, 9.17) is 4.74 Å². The highest BCUT2D eigenvalue weighted by Crippen LogP contribution is 2.25. The van der Waals surface area contributed by atoms with Crippen LogP contribution in [0, 0.1) is 6.92 Å². The van der Waals surface area contributed by atoms with E-state index in [0.717, 1.165) is 23.3 Å². The molecule has 0 aliphatic heterocycles. The second kappa shape index (κ2) is 6.68. The number of nitrogens with zero attached hydrogens (tertiary/aromatic N) is 1. The van der Waals surface area contributed by atoms with Gasteiger partial charge >= 0.3 is 0 Å². The second-order valence-electron chi connectivity index (χ2n) is 4.37. The smallest absolute Gasteiger partial charge is 0.133 e. The summed E-state index contributed by atoms with van der Waals surface area (Å²) in [5, 5.41) is 3.42. The van der Waals surface area contributed by atoms with Gasteiger partial charge in [0.25, 0.3) is 0 Å². The number of hydrogen-bond donors (Lipinski definition) is 1. The number of rotatable bonds is 5. The van der Waals surface area contributed by atoms with E-state index in [2.05, 4.69) is 45.3 Å². The molecule has 100 valence electrons. The Labute approximate surface area is 122 Å². The van der Waals surface area contributed by atoms with Gasteiger partial charge in [0.15, 0.2) is 0 Å². The number of hydrogen-bond acceptors (Lipinski definition) is 3. The standard InChI is InChI=1S/C15H17BrN2O/c1-11-5-6-17-9-13(11)10-18-8-12-3-4-15(19-2)14(16)7-12/h3-7,9,18H,8,10H2,1-2H3. The van der Waals surface area contributed by atoms with E-state index in [9.17, 15) is 0 Å². The summed E-state index contributed by atoms with van der Waals surface area (Å²) < 4.78 is 6.19. The molecule has 0 bridgehead atoms. The van der Waals surface area contributed by atoms with Crippen LogP contribution in [0.4, 0.5) is 0 Å². The molecule has 0 aliphatic carbocycles. The van der Waals surface area contributed by atoms with E-state index < -0.39 is 0 Å². The van der Waals surface area contributed by atoms with Crippen LogP contribution in [-0.2, 0) is 13.1 Å². The number of methoxy groups -OCH3 is 1. The molecule has 4 heteroatoms. The number of pyridine rings is 1. The molecule has 0 radical (unpaired) electrons. The van der Waals surface area contributed by atoms with Crippen molar-refractivity contribution in [1.29, 1.82) is 0 Å². The maximum absolute atomic E-state index is 5.21. The summed E-state index contributed by atoms with van der Waals surface area (Å²) in [4.78, 5) is 4.14. The van der Waals surface area contributed by atoms with E-state index in [1.165, 1.54) is 16.7 Å². The Balaban J connectivity index is 1.93. The Hall–Kier alpha value is -1.39. The van der Waals surface area contributed by atoms with Gasteiger partial charge in [-0.15, -0.1) is 0 Å². The fraction of sp³-hybridized carbons (Fsp3) is 0.267. The van der Waals surface area contributed by atoms with Crippen LogP contribution in [0.5, 0.6) is 5.75 Å². The van der Waals surface area contributed by atoms with Crippen LogP contribution >= 0.6 is 15.9 Å². The maximum Gasteiger partial charge on any atom is 0.133 e. The minimum atomic E-state index is 0.816. The van der Waals surface area contributed by atoms with Gasteiger partial charge in [-0.3, -0.25) is 4.98 Å². The van der Waals surface area contributed by atoms with Gasteiger partial charge in [0.1, 0.15) is 5.75 Å². The first-order chi connectivity index (χ1) is 9.20. The van der Waals surface area contributed by atoms with Crippen molar-refractivity contribution < 1.29 is 4.74 Å². The average Bonchev–Trinajstić information content (AvgIpc) is 2.41. The third-order valence-electron chi connectivity index (χ3n) is 3.01. The molecule has 1 heterocycles. The summed E-state index contributed by atoms with van der Waals surface area (Å²) in [5.41, 5.74) is 3.71. The van der Waals surface area contributed by atoms with Crippen LogP contribution in [0.15, 0.2) is 41.1 Å². The first-order valence-corrected chi connectivity index (χ1v) is 6.92. The summed E-state index contributed by atoms with van der Waals surface area (Å²) in [7, 11) is 1.67. The van der Waals surface area contributed by atoms with Gasteiger partial charge in [-0.1, -0.05) is 6.07 Å². The van der Waals surface area contributed by atoms with Crippen LogP contribution in [0.25, 0.3) is 0 Å². The first kappa shape index (κ1) is 14.0. The Morgan fingerprint density at radius 1 is 1.26 bits per heavy atom. The van der Waals surface area contributed by atoms with Crippen molar-refractivity contribution in [3.63, 3.8) is 0 Å². The third-order valence-corrected chi connectivity index (χ3v) is 3.63. The van der Waals surface area contributed by atoms with Gasteiger partial charge in [0.2, 0.25) is 0 Å². The molecule has 0 atom stereocenters. The largest absolute Gasteiger partial charge is 0.496 e. The number of aryl methyl sites for hydroxylation is 1. The van der Waals surface area contributed by atoms with Crippen LogP contribution < -0.4 is 10.1 Å². The van der Waals surface area contributed by atoms with Crippen LogP contribution in [-0.4, -0.2) is 12.1 Å². The van der Waals surface area contributed by atoms with Crippen LogP contribution in [0.3, 0.4) is 0 Å². The molecule has 2 rings (SSSR count). The molecule has 0 saturated heterocycles. The lowest BCUT2D eigenvalue weighted by Gasteiger charge is -2.09. The fourth-order valence-corrected chi connectivity index (χ4v) is 2.43. The Bertz CT molecular complexity index is 558. The predicted octanol–water partition coefficient (Wildman–Crippen LogP) is 3.45. The molecule has 0 saturated carbocycles. The number of benzene rings is 1. The van der Waals surface area contributed by atoms with Gasteiger partial charge < -0.3 is 10.1 Å². The molecule has 1 aromatic heterocycles. The van der Waals surface area contributed by atoms with Crippen molar-refractivity contribution in [3.8, 4) is 5.75 Å². The summed E-state index contributed by atoms with van der Waals surface area (Å²) >= 11 is 3.49. The monoisotopic (exact) mass is 320 g/mol. The van der Waals surface area contributed by atoms with Crippen molar-refractivity contribution >= 4 is 15.9 Å². The van der Waals surface area contributed by atoms with Crippen molar-refractivity contribution in [1.82, 2.24) is 10.3 Å². The zero-order valence-corrected chi connectivity index (χ0v) is 12.7. The van der Waals surface area contributed by atoms with E-state index >= 15 is 0 Å². The van der Waals surface area contributed by atoms with E-state index in [1.54, 1.807) is 7.11 Å². The van der Waals surface area contributed by atoms with Crippen molar-refractivity contribution in [2.75, 3.05) is 7.11 Å². The second-order valence-corrected chi connectivity index (χ2v) is 5.23. The number of ether oxygens (including phenoxy) is 1. The molecular formula is C15H17BrN2O. The SMILES string of the molecule is COc1ccc(CNCc2cnccc2C)cc1Br. The van der Waals surface area contributed by atoms with Crippen molar-refractivity contribution in [3.05, 3.63) is 57.8 Å². The highest BCUT2D eigenvalue weighted by Gasteiger charge is 2.02. The number of halogens is 1. The molecule has 0 unspecified atom stereocenters. The molecule has 0 fully saturated rings. The minimum absolute atomic E-state index is 0.816. The lowest BCUT2D eigenvalue weighted by atomic mass is 10.1. The molecule has 3 nitrogen and oxygen atoms in total. The van der Waals surface area contributed by atoms with Crippen molar-refractivity contribution in [2.24, 2.45) is 0 Å². The first-order valence-electron chi connectivity index (χ1n) is 6.13. The van der Waals surface area contributed by atoms with E-state index in [-0.39, 0.29) is 0 Å². The summed E-state index contributed by atoms with van der Waals surface area (Å²) in [6.45, 7) is 3.74. The zero-order chi connectivity index (χ0) is 13.7. The highest BCUT2D eigenvalue weighted by molar-refractivity contribution is 9.10. The summed E-state index contributed by atoms with van der Waals surface area (Å²) in [6.07, 6.45) is 3.73. The quantitative estimate of drug-likeness (QED) is 0.916. The van der Waals surface area contributed by atoms with Crippen LogP contribution in [0.1, 0.15) is 16.7 Å². The predicted molar refractivity (Wildman–Crippen MR) is 80.2 cm³/mol. The zero-order valence-electron chi connectivity index (χ0n) is 11.1. The third kappa shape index (κ3) is 3.78. The lowest BCUT2D eigenvalue weighted by Crippen LogP contribution is -2.13. The molecule has 1 N–H and O–H groups in total. The minimum Gasteiger partial charge on any atom is -0.496 e. The number of nitrogens with one attached hydrogen (secondary N) is 1. The maximum atomic E-state index is 5.21. The van der Waals surface area contributed by atoms with Gasteiger partial charge in [0, 0.05) is 25.5 Å². The Morgan fingerprint density at radius 2 is 2.11 bits per heavy atom. The molecule has 19 heavy (non-hydrogen) atoms. The summed E-state index contributed by atoms with van der Waals surface area (Å²) in [5.74, 6) is 0.854. The average molecular weight is 321 g/mol. The Kier molecular flexibility index (Phi) is 4.93. The molecule has 0 aliphatic rings. The lowest BCUT2D eigenvalue weighted by molar-refractivity contribution is 0.412. The van der Waals surface area contributed by atoms with Gasteiger partial charge in [-0.25, -0.2) is 0 Å². The molecule has 2 aromatic rings. The van der Waals surface area contributed by atoms with Gasteiger partial charge in [-0.2, -0.15) is 0 Å². The van der Waals surface area contributed by atoms with E-state index in [0.29, 0.717) is 0 Å². The van der Waals surface area contributed by atoms with Gasteiger partial charge in [0.05, 0.1) is 11.6 Å². The summed E-state index contributed by atoms with van der Waals surface area (Å²) in [6, 6.07) is 8.13. The topological polar surface area (TPSA) is 34.1 Å². The molecular weight excluding hydrogens is 304 g/mol. The Morgan fingerprint density at radius 3 is 2.79 bits per heavy atom. The molecule has 1 aromatic carbocycles.